The number of anilines is 1. The molecule has 0 spiro atoms. The van der Waals surface area contributed by atoms with Gasteiger partial charge in [0.1, 0.15) is 5.56 Å². The van der Waals surface area contributed by atoms with Crippen LogP contribution in [-0.2, 0) is 9.53 Å². The highest BCUT2D eigenvalue weighted by Gasteiger charge is 2.28. The summed E-state index contributed by atoms with van der Waals surface area (Å²) in [6.45, 7) is 3.28. The summed E-state index contributed by atoms with van der Waals surface area (Å²) < 4.78 is 15.2. The Bertz CT molecular complexity index is 894. The molecule has 0 aliphatic heterocycles. The lowest BCUT2D eigenvalue weighted by molar-refractivity contribution is -0.385. The fourth-order valence-corrected chi connectivity index (χ4v) is 2.34. The predicted octanol–water partition coefficient (Wildman–Crippen LogP) is 3.10. The van der Waals surface area contributed by atoms with Gasteiger partial charge in [0.2, 0.25) is 0 Å². The van der Waals surface area contributed by atoms with Crippen molar-refractivity contribution in [3.8, 4) is 11.5 Å². The Hall–Kier alpha value is -3.62. The fraction of sp³-hybridized carbons (Fsp3) is 0.263. The summed E-state index contributed by atoms with van der Waals surface area (Å²) in [5.41, 5.74) is 0.695. The third kappa shape index (κ3) is 4.76. The standard InChI is InChI=1S/C19H20N2O7/c1-11-5-7-13(8-6-11)20-18(22)12(2)28-19(23)14-9-16(26-3)17(27-4)10-15(14)21(24)25/h5-10,12H,1-4H3,(H,20,22)/t12-/m0/s1. The molecule has 0 saturated heterocycles. The van der Waals surface area contributed by atoms with Crippen LogP contribution in [-0.4, -0.2) is 37.1 Å². The van der Waals surface area contributed by atoms with Gasteiger partial charge < -0.3 is 19.5 Å². The van der Waals surface area contributed by atoms with Gasteiger partial charge in [0.15, 0.2) is 17.6 Å². The second-order valence-electron chi connectivity index (χ2n) is 5.88. The molecule has 0 heterocycles. The van der Waals surface area contributed by atoms with Crippen molar-refractivity contribution in [2.75, 3.05) is 19.5 Å². The highest BCUT2D eigenvalue weighted by atomic mass is 16.6. The first-order valence-electron chi connectivity index (χ1n) is 8.25. The van der Waals surface area contributed by atoms with Crippen LogP contribution in [0, 0.1) is 17.0 Å². The molecular formula is C19H20N2O7. The molecule has 1 N–H and O–H groups in total. The van der Waals surface area contributed by atoms with E-state index in [1.807, 2.05) is 19.1 Å². The largest absolute Gasteiger partial charge is 0.493 e. The fourth-order valence-electron chi connectivity index (χ4n) is 2.34. The number of methoxy groups -OCH3 is 2. The van der Waals surface area contributed by atoms with Crippen LogP contribution < -0.4 is 14.8 Å². The van der Waals surface area contributed by atoms with Crippen molar-refractivity contribution in [1.82, 2.24) is 0 Å². The van der Waals surface area contributed by atoms with Crippen molar-refractivity contribution in [3.63, 3.8) is 0 Å². The molecule has 28 heavy (non-hydrogen) atoms. The van der Waals surface area contributed by atoms with E-state index in [1.165, 1.54) is 21.1 Å². The normalized spacial score (nSPS) is 11.3. The van der Waals surface area contributed by atoms with Crippen molar-refractivity contribution in [3.05, 3.63) is 57.6 Å². The number of ether oxygens (including phenoxy) is 3. The number of nitro benzene ring substituents is 1. The van der Waals surface area contributed by atoms with Gasteiger partial charge in [0.25, 0.3) is 11.6 Å². The Balaban J connectivity index is 2.19. The van der Waals surface area contributed by atoms with Gasteiger partial charge in [-0.25, -0.2) is 4.79 Å². The number of nitrogens with zero attached hydrogens (tertiary/aromatic N) is 1. The summed E-state index contributed by atoms with van der Waals surface area (Å²) in [5, 5.41) is 13.9. The smallest absolute Gasteiger partial charge is 0.346 e. The van der Waals surface area contributed by atoms with Crippen molar-refractivity contribution < 1.29 is 28.7 Å². The zero-order chi connectivity index (χ0) is 20.8. The van der Waals surface area contributed by atoms with Gasteiger partial charge in [0.05, 0.1) is 25.2 Å². The molecule has 0 aliphatic carbocycles. The van der Waals surface area contributed by atoms with Crippen LogP contribution in [0.3, 0.4) is 0 Å². The van der Waals surface area contributed by atoms with E-state index in [2.05, 4.69) is 5.32 Å². The average Bonchev–Trinajstić information content (AvgIpc) is 2.68. The molecule has 2 aromatic carbocycles. The summed E-state index contributed by atoms with van der Waals surface area (Å²) in [4.78, 5) is 35.3. The van der Waals surface area contributed by atoms with E-state index in [-0.39, 0.29) is 17.1 Å². The number of rotatable bonds is 7. The summed E-state index contributed by atoms with van der Waals surface area (Å²) in [7, 11) is 2.65. The lowest BCUT2D eigenvalue weighted by Gasteiger charge is -2.15. The Morgan fingerprint density at radius 3 is 2.18 bits per heavy atom. The molecule has 2 rings (SSSR count). The number of benzene rings is 2. The SMILES string of the molecule is COc1cc(C(=O)O[C@@H](C)C(=O)Nc2ccc(C)cc2)c([N+](=O)[O-])cc1OC. The van der Waals surface area contributed by atoms with E-state index < -0.39 is 28.6 Å². The van der Waals surface area contributed by atoms with Crippen LogP contribution in [0.2, 0.25) is 0 Å². The lowest BCUT2D eigenvalue weighted by atomic mass is 10.1. The second-order valence-corrected chi connectivity index (χ2v) is 5.88. The number of carbonyl (C=O) groups is 2. The molecule has 2 aromatic rings. The highest BCUT2D eigenvalue weighted by Crippen LogP contribution is 2.35. The molecule has 0 aromatic heterocycles. The third-order valence-electron chi connectivity index (χ3n) is 3.89. The summed E-state index contributed by atoms with van der Waals surface area (Å²) in [5.74, 6) is -1.38. The Kier molecular flexibility index (Phi) is 6.54. The third-order valence-corrected chi connectivity index (χ3v) is 3.89. The molecule has 9 heteroatoms. The molecule has 1 atom stereocenters. The number of carbonyl (C=O) groups excluding carboxylic acids is 2. The van der Waals surface area contributed by atoms with Crippen molar-refractivity contribution >= 4 is 23.3 Å². The molecule has 0 unspecified atom stereocenters. The molecule has 0 saturated carbocycles. The van der Waals surface area contributed by atoms with Crippen LogP contribution in [0.4, 0.5) is 11.4 Å². The van der Waals surface area contributed by atoms with Gasteiger partial charge in [-0.1, -0.05) is 17.7 Å². The number of amides is 1. The van der Waals surface area contributed by atoms with Crippen LogP contribution in [0.5, 0.6) is 11.5 Å². The number of esters is 1. The first-order chi connectivity index (χ1) is 13.3. The minimum absolute atomic E-state index is 0.0934. The predicted molar refractivity (Wildman–Crippen MR) is 101 cm³/mol. The van der Waals surface area contributed by atoms with Crippen LogP contribution in [0.25, 0.3) is 0 Å². The van der Waals surface area contributed by atoms with E-state index in [4.69, 9.17) is 14.2 Å². The number of hydrogen-bond acceptors (Lipinski definition) is 7. The summed E-state index contributed by atoms with van der Waals surface area (Å²) in [6.07, 6.45) is -1.18. The van der Waals surface area contributed by atoms with E-state index in [0.29, 0.717) is 5.69 Å². The Labute approximate surface area is 161 Å². The van der Waals surface area contributed by atoms with E-state index in [1.54, 1.807) is 12.1 Å². The maximum absolute atomic E-state index is 12.4. The van der Waals surface area contributed by atoms with Crippen molar-refractivity contribution in [2.24, 2.45) is 0 Å². The molecule has 9 nitrogen and oxygen atoms in total. The maximum atomic E-state index is 12.4. The molecular weight excluding hydrogens is 368 g/mol. The molecule has 0 bridgehead atoms. The monoisotopic (exact) mass is 388 g/mol. The quantitative estimate of drug-likeness (QED) is 0.440. The van der Waals surface area contributed by atoms with Gasteiger partial charge in [-0.3, -0.25) is 14.9 Å². The molecule has 0 radical (unpaired) electrons. The molecule has 0 aliphatic rings. The minimum atomic E-state index is -1.18. The van der Waals surface area contributed by atoms with Gasteiger partial charge >= 0.3 is 5.97 Å². The number of aryl methyl sites for hydroxylation is 1. The van der Waals surface area contributed by atoms with Crippen molar-refractivity contribution in [1.29, 1.82) is 0 Å². The van der Waals surface area contributed by atoms with E-state index in [9.17, 15) is 19.7 Å². The van der Waals surface area contributed by atoms with Gasteiger partial charge in [-0.15, -0.1) is 0 Å². The van der Waals surface area contributed by atoms with Crippen LogP contribution in [0.1, 0.15) is 22.8 Å². The first kappa shape index (κ1) is 20.7. The Morgan fingerprint density at radius 1 is 1.07 bits per heavy atom. The van der Waals surface area contributed by atoms with Gasteiger partial charge in [-0.05, 0) is 26.0 Å². The molecule has 0 fully saturated rings. The van der Waals surface area contributed by atoms with Crippen LogP contribution in [0.15, 0.2) is 36.4 Å². The number of nitrogens with one attached hydrogen (secondary N) is 1. The zero-order valence-corrected chi connectivity index (χ0v) is 15.8. The van der Waals surface area contributed by atoms with Crippen LogP contribution >= 0.6 is 0 Å². The topological polar surface area (TPSA) is 117 Å². The summed E-state index contributed by atoms with van der Waals surface area (Å²) in [6, 6.07) is 9.26. The lowest BCUT2D eigenvalue weighted by Crippen LogP contribution is -2.30. The number of hydrogen-bond donors (Lipinski definition) is 1. The first-order valence-corrected chi connectivity index (χ1v) is 8.25. The maximum Gasteiger partial charge on any atom is 0.346 e. The van der Waals surface area contributed by atoms with E-state index in [0.717, 1.165) is 17.7 Å². The Morgan fingerprint density at radius 2 is 1.64 bits per heavy atom. The molecule has 148 valence electrons. The average molecular weight is 388 g/mol. The minimum Gasteiger partial charge on any atom is -0.493 e. The number of nitro groups is 1. The summed E-state index contributed by atoms with van der Waals surface area (Å²) >= 11 is 0. The van der Waals surface area contributed by atoms with Crippen molar-refractivity contribution in [2.45, 2.75) is 20.0 Å². The van der Waals surface area contributed by atoms with Gasteiger partial charge in [0, 0.05) is 11.8 Å². The highest BCUT2D eigenvalue weighted by molar-refractivity contribution is 5.99. The molecule has 1 amide bonds. The van der Waals surface area contributed by atoms with E-state index >= 15 is 0 Å². The second kappa shape index (κ2) is 8.85. The van der Waals surface area contributed by atoms with Gasteiger partial charge in [-0.2, -0.15) is 0 Å². The zero-order valence-electron chi connectivity index (χ0n) is 15.8.